The molecular weight excluding hydrogens is 346 g/mol. The maximum atomic E-state index is 12.7. The summed E-state index contributed by atoms with van der Waals surface area (Å²) in [7, 11) is 1.79. The van der Waals surface area contributed by atoms with Crippen LogP contribution in [0.4, 0.5) is 0 Å². The molecule has 26 heavy (non-hydrogen) atoms. The Morgan fingerprint density at radius 1 is 1.19 bits per heavy atom. The van der Waals surface area contributed by atoms with Gasteiger partial charge >= 0.3 is 0 Å². The molecule has 0 atom stereocenters. The monoisotopic (exact) mass is 367 g/mol. The minimum atomic E-state index is 0.00327. The number of hydrogen-bond acceptors (Lipinski definition) is 5. The van der Waals surface area contributed by atoms with Crippen LogP contribution in [0.5, 0.6) is 0 Å². The maximum absolute atomic E-state index is 12.7. The molecule has 0 radical (unpaired) electrons. The van der Waals surface area contributed by atoms with E-state index >= 15 is 0 Å². The van der Waals surface area contributed by atoms with Crippen LogP contribution in [0, 0.1) is 6.92 Å². The Labute approximate surface area is 155 Å². The van der Waals surface area contributed by atoms with Crippen molar-refractivity contribution in [2.75, 3.05) is 0 Å². The summed E-state index contributed by atoms with van der Waals surface area (Å²) in [4.78, 5) is 17.4. The van der Waals surface area contributed by atoms with Gasteiger partial charge in [0.25, 0.3) is 5.56 Å². The van der Waals surface area contributed by atoms with Crippen molar-refractivity contribution in [1.29, 1.82) is 0 Å². The lowest BCUT2D eigenvalue weighted by Crippen LogP contribution is -2.20. The first-order valence-corrected chi connectivity index (χ1v) is 10.1. The van der Waals surface area contributed by atoms with Gasteiger partial charge < -0.3 is 4.57 Å². The van der Waals surface area contributed by atoms with Crippen molar-refractivity contribution < 1.29 is 0 Å². The molecule has 0 spiro atoms. The van der Waals surface area contributed by atoms with Crippen LogP contribution in [0.2, 0.25) is 0 Å². The number of hydrogen-bond donors (Lipinski definition) is 0. The van der Waals surface area contributed by atoms with Crippen LogP contribution < -0.4 is 5.56 Å². The van der Waals surface area contributed by atoms with Gasteiger partial charge in [0.05, 0.1) is 16.7 Å². The quantitative estimate of drug-likeness (QED) is 0.511. The van der Waals surface area contributed by atoms with Gasteiger partial charge in [0.15, 0.2) is 5.16 Å². The minimum Gasteiger partial charge on any atom is -0.311 e. The normalized spacial score (nSPS) is 17.2. The minimum absolute atomic E-state index is 0.00327. The van der Waals surface area contributed by atoms with Crippen LogP contribution in [0.3, 0.4) is 0 Å². The van der Waals surface area contributed by atoms with Crippen molar-refractivity contribution in [3.8, 4) is 0 Å². The second kappa shape index (κ2) is 5.94. The molecule has 2 aromatic heterocycles. The van der Waals surface area contributed by atoms with Crippen LogP contribution in [0.15, 0.2) is 28.2 Å². The number of rotatable bonds is 5. The zero-order valence-corrected chi connectivity index (χ0v) is 15.8. The number of nitrogens with zero attached hydrogens (tertiary/aromatic N) is 5. The molecule has 2 heterocycles. The fourth-order valence-electron chi connectivity index (χ4n) is 3.41. The highest BCUT2D eigenvalue weighted by Gasteiger charge is 2.36. The second-order valence-electron chi connectivity index (χ2n) is 7.42. The molecule has 2 aliphatic rings. The van der Waals surface area contributed by atoms with Gasteiger partial charge in [0, 0.05) is 19.0 Å². The molecule has 0 amide bonds. The van der Waals surface area contributed by atoms with Crippen LogP contribution in [0.1, 0.15) is 54.9 Å². The molecule has 134 valence electrons. The summed E-state index contributed by atoms with van der Waals surface area (Å²) in [5.74, 6) is 3.47. The molecule has 0 N–H and O–H groups in total. The van der Waals surface area contributed by atoms with E-state index in [4.69, 9.17) is 4.98 Å². The predicted molar refractivity (Wildman–Crippen MR) is 102 cm³/mol. The highest BCUT2D eigenvalue weighted by atomic mass is 32.2. The Morgan fingerprint density at radius 3 is 2.73 bits per heavy atom. The van der Waals surface area contributed by atoms with Gasteiger partial charge in [-0.2, -0.15) is 0 Å². The predicted octanol–water partition coefficient (Wildman–Crippen LogP) is 3.34. The van der Waals surface area contributed by atoms with E-state index < -0.39 is 0 Å². The van der Waals surface area contributed by atoms with Crippen molar-refractivity contribution >= 4 is 22.7 Å². The smallest absolute Gasteiger partial charge is 0.261 e. The number of fused-ring (bicyclic) bond motifs is 1. The molecule has 3 aromatic rings. The molecule has 0 bridgehead atoms. The summed E-state index contributed by atoms with van der Waals surface area (Å²) >= 11 is 1.57. The van der Waals surface area contributed by atoms with E-state index in [2.05, 4.69) is 14.8 Å². The average Bonchev–Trinajstić information content (AvgIpc) is 3.56. The SMILES string of the molecule is Cc1ccc2nc(SCc3nnc(C4CC4)n3C3CC3)n(C)c(=O)c2c1. The Bertz CT molecular complexity index is 1060. The van der Waals surface area contributed by atoms with Crippen LogP contribution in [0.25, 0.3) is 10.9 Å². The zero-order chi connectivity index (χ0) is 17.8. The largest absolute Gasteiger partial charge is 0.311 e. The highest BCUT2D eigenvalue weighted by Crippen LogP contribution is 2.45. The Balaban J connectivity index is 1.46. The van der Waals surface area contributed by atoms with E-state index in [0.29, 0.717) is 23.1 Å². The van der Waals surface area contributed by atoms with Gasteiger partial charge in [-0.25, -0.2) is 4.98 Å². The first-order valence-electron chi connectivity index (χ1n) is 9.15. The molecule has 6 nitrogen and oxygen atoms in total. The fraction of sp³-hybridized carbons (Fsp3) is 0.474. The van der Waals surface area contributed by atoms with Gasteiger partial charge in [-0.05, 0) is 44.7 Å². The number of aromatic nitrogens is 5. The third-order valence-corrected chi connectivity index (χ3v) is 6.19. The molecule has 7 heteroatoms. The standard InChI is InChI=1S/C19H21N5OS/c1-11-3-8-15-14(9-11)18(25)23(2)19(20-15)26-10-16-21-22-17(12-4-5-12)24(16)13-6-7-13/h3,8-9,12-13H,4-7,10H2,1-2H3. The van der Waals surface area contributed by atoms with Crippen molar-refractivity contribution in [3.05, 3.63) is 45.8 Å². The summed E-state index contributed by atoms with van der Waals surface area (Å²) in [6, 6.07) is 6.40. The fourth-order valence-corrected chi connectivity index (χ4v) is 4.30. The number of aryl methyl sites for hydroxylation is 1. The maximum Gasteiger partial charge on any atom is 0.261 e. The molecule has 0 aliphatic heterocycles. The van der Waals surface area contributed by atoms with Crippen molar-refractivity contribution in [2.45, 2.75) is 55.5 Å². The van der Waals surface area contributed by atoms with Crippen LogP contribution in [-0.2, 0) is 12.8 Å². The molecule has 5 rings (SSSR count). The molecule has 0 saturated heterocycles. The van der Waals surface area contributed by atoms with Gasteiger partial charge in [0.1, 0.15) is 11.6 Å². The second-order valence-corrected chi connectivity index (χ2v) is 8.36. The first-order chi connectivity index (χ1) is 12.6. The third kappa shape index (κ3) is 2.74. The van der Waals surface area contributed by atoms with E-state index in [1.54, 1.807) is 23.4 Å². The lowest BCUT2D eigenvalue weighted by Gasteiger charge is -2.10. The van der Waals surface area contributed by atoms with E-state index in [9.17, 15) is 4.79 Å². The summed E-state index contributed by atoms with van der Waals surface area (Å²) in [5, 5.41) is 10.3. The van der Waals surface area contributed by atoms with Crippen molar-refractivity contribution in [2.24, 2.45) is 7.05 Å². The average molecular weight is 367 g/mol. The molecular formula is C19H21N5OS. The highest BCUT2D eigenvalue weighted by molar-refractivity contribution is 7.98. The van der Waals surface area contributed by atoms with Gasteiger partial charge in [-0.1, -0.05) is 23.4 Å². The zero-order valence-electron chi connectivity index (χ0n) is 15.0. The van der Waals surface area contributed by atoms with E-state index in [0.717, 1.165) is 22.1 Å². The van der Waals surface area contributed by atoms with Gasteiger partial charge in [-0.3, -0.25) is 9.36 Å². The number of thioether (sulfide) groups is 1. The van der Waals surface area contributed by atoms with Crippen LogP contribution >= 0.6 is 11.8 Å². The molecule has 0 unspecified atom stereocenters. The van der Waals surface area contributed by atoms with Crippen LogP contribution in [-0.4, -0.2) is 24.3 Å². The van der Waals surface area contributed by atoms with Crippen molar-refractivity contribution in [1.82, 2.24) is 24.3 Å². The van der Waals surface area contributed by atoms with Gasteiger partial charge in [0.2, 0.25) is 0 Å². The van der Waals surface area contributed by atoms with E-state index in [1.807, 2.05) is 25.1 Å². The van der Waals surface area contributed by atoms with E-state index in [-0.39, 0.29) is 5.56 Å². The molecule has 2 aliphatic carbocycles. The molecule has 2 fully saturated rings. The summed E-state index contributed by atoms with van der Waals surface area (Å²) in [5.41, 5.74) is 1.83. The third-order valence-electron chi connectivity index (χ3n) is 5.17. The van der Waals surface area contributed by atoms with Gasteiger partial charge in [-0.15, -0.1) is 10.2 Å². The number of benzene rings is 1. The lowest BCUT2D eigenvalue weighted by atomic mass is 10.2. The summed E-state index contributed by atoms with van der Waals surface area (Å²) in [6.45, 7) is 1.99. The molecule has 2 saturated carbocycles. The Hall–Kier alpha value is -2.15. The summed E-state index contributed by atoms with van der Waals surface area (Å²) in [6.07, 6.45) is 4.92. The van der Waals surface area contributed by atoms with E-state index in [1.165, 1.54) is 31.5 Å². The summed E-state index contributed by atoms with van der Waals surface area (Å²) < 4.78 is 4.00. The first kappa shape index (κ1) is 16.1. The topological polar surface area (TPSA) is 65.6 Å². The Morgan fingerprint density at radius 2 is 2.00 bits per heavy atom. The Kier molecular flexibility index (Phi) is 3.67. The lowest BCUT2D eigenvalue weighted by molar-refractivity contribution is 0.660. The van der Waals surface area contributed by atoms with Crippen molar-refractivity contribution in [3.63, 3.8) is 0 Å². The molecule has 1 aromatic carbocycles.